The molecular formula is C30H28F7NO2. The second-order valence-corrected chi connectivity index (χ2v) is 10.5. The van der Waals surface area contributed by atoms with Gasteiger partial charge >= 0.3 is 18.4 Å². The maximum absolute atomic E-state index is 14.6. The molecule has 40 heavy (non-hydrogen) atoms. The second-order valence-electron chi connectivity index (χ2n) is 10.5. The Balaban J connectivity index is 1.73. The van der Waals surface area contributed by atoms with Gasteiger partial charge in [-0.05, 0) is 90.4 Å². The van der Waals surface area contributed by atoms with Gasteiger partial charge in [-0.15, -0.1) is 0 Å². The van der Waals surface area contributed by atoms with Crippen LogP contribution in [-0.4, -0.2) is 17.0 Å². The predicted octanol–water partition coefficient (Wildman–Crippen LogP) is 9.35. The number of carbonyl (C=O) groups excluding carboxylic acids is 1. The van der Waals surface area contributed by atoms with Crippen molar-refractivity contribution in [1.82, 2.24) is 4.90 Å². The maximum Gasteiger partial charge on any atom is 0.416 e. The molecule has 0 spiro atoms. The fourth-order valence-electron chi connectivity index (χ4n) is 5.02. The van der Waals surface area contributed by atoms with E-state index in [-0.39, 0.29) is 24.3 Å². The van der Waals surface area contributed by atoms with Crippen LogP contribution >= 0.6 is 0 Å². The zero-order valence-corrected chi connectivity index (χ0v) is 22.5. The van der Waals surface area contributed by atoms with E-state index < -0.39 is 47.3 Å². The third kappa shape index (κ3) is 5.81. The van der Waals surface area contributed by atoms with Crippen LogP contribution in [0.25, 0.3) is 11.1 Å². The number of cyclic esters (lactones) is 1. The number of amides is 1. The molecule has 1 saturated heterocycles. The second kappa shape index (κ2) is 10.4. The monoisotopic (exact) mass is 567 g/mol. The van der Waals surface area contributed by atoms with E-state index in [1.54, 1.807) is 13.0 Å². The summed E-state index contributed by atoms with van der Waals surface area (Å²) in [7, 11) is 0. The lowest BCUT2D eigenvalue weighted by Crippen LogP contribution is -2.31. The van der Waals surface area contributed by atoms with E-state index in [1.807, 2.05) is 39.0 Å². The van der Waals surface area contributed by atoms with Crippen LogP contribution in [0.4, 0.5) is 35.5 Å². The lowest BCUT2D eigenvalue weighted by atomic mass is 9.90. The normalized spacial score (nSPS) is 18.0. The molecule has 0 N–H and O–H groups in total. The van der Waals surface area contributed by atoms with Crippen molar-refractivity contribution in [1.29, 1.82) is 0 Å². The number of alkyl halides is 6. The Labute approximate surface area is 227 Å². The predicted molar refractivity (Wildman–Crippen MR) is 136 cm³/mol. The first-order valence-corrected chi connectivity index (χ1v) is 12.6. The largest absolute Gasteiger partial charge is 0.439 e. The molecule has 1 amide bonds. The standard InChI is InChI=1S/C30H28F7NO2/c1-15(2)24-13-25(17(4)9-26(24)31)23-7-6-16(3)8-20(23)14-38-18(5)27(40-28(38)39)19-10-21(29(32,33)34)12-22(11-19)30(35,36)37/h6-13,15,18,27H,14H2,1-5H3/t18-,27-/m0/s1. The first-order chi connectivity index (χ1) is 18.5. The van der Waals surface area contributed by atoms with Gasteiger partial charge in [0.05, 0.1) is 23.7 Å². The zero-order valence-electron chi connectivity index (χ0n) is 22.5. The van der Waals surface area contributed by atoms with E-state index in [4.69, 9.17) is 4.74 Å². The Morgan fingerprint density at radius 3 is 2.02 bits per heavy atom. The number of nitrogens with zero attached hydrogens (tertiary/aromatic N) is 1. The SMILES string of the molecule is Cc1ccc(-c2cc(C(C)C)c(F)cc2C)c(CN2C(=O)O[C@H](c3cc(C(F)(F)F)cc(C(F)(F)F)c3)[C@@H]2C)c1. The number of halogens is 7. The molecule has 3 nitrogen and oxygen atoms in total. The van der Waals surface area contributed by atoms with Gasteiger partial charge in [-0.3, -0.25) is 4.90 Å². The Kier molecular flexibility index (Phi) is 7.68. The van der Waals surface area contributed by atoms with Crippen molar-refractivity contribution in [2.75, 3.05) is 0 Å². The first-order valence-electron chi connectivity index (χ1n) is 12.6. The molecule has 1 heterocycles. The summed E-state index contributed by atoms with van der Waals surface area (Å²) in [5.41, 5.74) is 0.862. The summed E-state index contributed by atoms with van der Waals surface area (Å²) in [5, 5.41) is 0. The van der Waals surface area contributed by atoms with Crippen LogP contribution in [0.2, 0.25) is 0 Å². The van der Waals surface area contributed by atoms with Crippen LogP contribution in [0.15, 0.2) is 48.5 Å². The highest BCUT2D eigenvalue weighted by molar-refractivity contribution is 5.75. The fraction of sp³-hybridized carbons (Fsp3) is 0.367. The van der Waals surface area contributed by atoms with Gasteiger partial charge in [-0.25, -0.2) is 9.18 Å². The quantitative estimate of drug-likeness (QED) is 0.288. The zero-order chi connectivity index (χ0) is 29.7. The molecule has 1 fully saturated rings. The Morgan fingerprint density at radius 2 is 1.48 bits per heavy atom. The minimum absolute atomic E-state index is 0.0214. The number of hydrogen-bond acceptors (Lipinski definition) is 2. The molecule has 10 heteroatoms. The van der Waals surface area contributed by atoms with Crippen LogP contribution in [0.3, 0.4) is 0 Å². The summed E-state index contributed by atoms with van der Waals surface area (Å²) in [6, 6.07) is 9.09. The summed E-state index contributed by atoms with van der Waals surface area (Å²) in [6.45, 7) is 8.84. The van der Waals surface area contributed by atoms with E-state index in [9.17, 15) is 35.5 Å². The molecule has 0 aromatic heterocycles. The molecule has 4 rings (SSSR count). The molecule has 0 unspecified atom stereocenters. The molecule has 0 saturated carbocycles. The fourth-order valence-corrected chi connectivity index (χ4v) is 5.02. The maximum atomic E-state index is 14.6. The Hall–Kier alpha value is -3.56. The van der Waals surface area contributed by atoms with Crippen molar-refractivity contribution in [3.63, 3.8) is 0 Å². The van der Waals surface area contributed by atoms with Crippen LogP contribution in [0.1, 0.15) is 71.7 Å². The minimum Gasteiger partial charge on any atom is -0.439 e. The van der Waals surface area contributed by atoms with Crippen molar-refractivity contribution < 1.29 is 40.3 Å². The average molecular weight is 568 g/mol. The third-order valence-corrected chi connectivity index (χ3v) is 7.19. The average Bonchev–Trinajstić information content (AvgIpc) is 3.11. The number of hydrogen-bond donors (Lipinski definition) is 0. The topological polar surface area (TPSA) is 29.5 Å². The van der Waals surface area contributed by atoms with Gasteiger partial charge in [0.25, 0.3) is 0 Å². The van der Waals surface area contributed by atoms with E-state index in [0.717, 1.165) is 16.7 Å². The van der Waals surface area contributed by atoms with Crippen molar-refractivity contribution in [3.8, 4) is 11.1 Å². The number of benzene rings is 3. The van der Waals surface area contributed by atoms with Gasteiger partial charge in [0.1, 0.15) is 11.9 Å². The molecular weight excluding hydrogens is 539 g/mol. The van der Waals surface area contributed by atoms with E-state index in [0.29, 0.717) is 28.8 Å². The van der Waals surface area contributed by atoms with Crippen LogP contribution < -0.4 is 0 Å². The highest BCUT2D eigenvalue weighted by Crippen LogP contribution is 2.42. The van der Waals surface area contributed by atoms with Gasteiger partial charge < -0.3 is 4.74 Å². The molecule has 2 atom stereocenters. The Bertz CT molecular complexity index is 1410. The number of ether oxygens (including phenoxy) is 1. The molecule has 3 aromatic carbocycles. The van der Waals surface area contributed by atoms with Gasteiger partial charge in [-0.2, -0.15) is 26.3 Å². The molecule has 0 bridgehead atoms. The highest BCUT2D eigenvalue weighted by atomic mass is 19.4. The smallest absolute Gasteiger partial charge is 0.416 e. The van der Waals surface area contributed by atoms with Crippen molar-refractivity contribution in [2.24, 2.45) is 0 Å². The van der Waals surface area contributed by atoms with E-state index >= 15 is 0 Å². The van der Waals surface area contributed by atoms with Crippen molar-refractivity contribution in [3.05, 3.63) is 93.3 Å². The lowest BCUT2D eigenvalue weighted by molar-refractivity contribution is -0.143. The van der Waals surface area contributed by atoms with Crippen LogP contribution in [0, 0.1) is 19.7 Å². The van der Waals surface area contributed by atoms with E-state index in [2.05, 4.69) is 0 Å². The van der Waals surface area contributed by atoms with Gasteiger partial charge in [0, 0.05) is 0 Å². The number of aryl methyl sites for hydroxylation is 2. The third-order valence-electron chi connectivity index (χ3n) is 7.19. The molecule has 1 aliphatic rings. The van der Waals surface area contributed by atoms with Crippen molar-refractivity contribution >= 4 is 6.09 Å². The highest BCUT2D eigenvalue weighted by Gasteiger charge is 2.43. The Morgan fingerprint density at radius 1 is 0.875 bits per heavy atom. The first kappa shape index (κ1) is 29.4. The van der Waals surface area contributed by atoms with Gasteiger partial charge in [0.15, 0.2) is 0 Å². The van der Waals surface area contributed by atoms with Gasteiger partial charge in [0.2, 0.25) is 0 Å². The van der Waals surface area contributed by atoms with Crippen molar-refractivity contribution in [2.45, 2.75) is 71.6 Å². The summed E-state index contributed by atoms with van der Waals surface area (Å²) >= 11 is 0. The molecule has 1 aliphatic heterocycles. The molecule has 3 aromatic rings. The summed E-state index contributed by atoms with van der Waals surface area (Å²) in [5.74, 6) is -0.416. The lowest BCUT2D eigenvalue weighted by Gasteiger charge is -2.24. The molecule has 0 aliphatic carbocycles. The van der Waals surface area contributed by atoms with E-state index in [1.165, 1.54) is 17.9 Å². The number of carbonyl (C=O) groups is 1. The summed E-state index contributed by atoms with van der Waals surface area (Å²) in [4.78, 5) is 14.2. The minimum atomic E-state index is -5.03. The molecule has 0 radical (unpaired) electrons. The summed E-state index contributed by atoms with van der Waals surface area (Å²) < 4.78 is 101. The van der Waals surface area contributed by atoms with Gasteiger partial charge in [-0.1, -0.05) is 37.6 Å². The molecule has 214 valence electrons. The van der Waals surface area contributed by atoms with Crippen LogP contribution in [0.5, 0.6) is 0 Å². The number of rotatable bonds is 5. The van der Waals surface area contributed by atoms with Crippen LogP contribution in [-0.2, 0) is 23.6 Å². The summed E-state index contributed by atoms with van der Waals surface area (Å²) in [6.07, 6.45) is -12.3.